The molecule has 3 N–H and O–H groups in total. The fourth-order valence-corrected chi connectivity index (χ4v) is 4.03. The van der Waals surface area contributed by atoms with Gasteiger partial charge in [-0.3, -0.25) is 14.7 Å². The molecule has 1 aromatic carbocycles. The molecule has 2 atom stereocenters. The number of nitrogens with one attached hydrogen (secondary N) is 3. The normalized spacial score (nSPS) is 23.1. The average molecular weight is 400 g/mol. The number of hydrogen-bond donors (Lipinski definition) is 3. The monoisotopic (exact) mass is 399 g/mol. The van der Waals surface area contributed by atoms with Crippen LogP contribution < -0.4 is 16.0 Å². The second kappa shape index (κ2) is 10.1. The maximum absolute atomic E-state index is 11.6. The first kappa shape index (κ1) is 21.6. The van der Waals surface area contributed by atoms with E-state index in [0.29, 0.717) is 30.5 Å². The molecule has 6 nitrogen and oxygen atoms in total. The molecule has 1 aromatic rings. The molecule has 0 spiro atoms. The van der Waals surface area contributed by atoms with Gasteiger partial charge in [0.05, 0.1) is 6.54 Å². The molecule has 1 amide bonds. The van der Waals surface area contributed by atoms with E-state index in [9.17, 15) is 4.79 Å². The van der Waals surface area contributed by atoms with Gasteiger partial charge >= 0.3 is 0 Å². The summed E-state index contributed by atoms with van der Waals surface area (Å²) in [5, 5.41) is 9.96. The number of carbonyl (C=O) groups excluding carboxylic acids is 1. The van der Waals surface area contributed by atoms with Crippen molar-refractivity contribution in [2.24, 2.45) is 4.99 Å². The van der Waals surface area contributed by atoms with Gasteiger partial charge in [-0.2, -0.15) is 0 Å². The fourth-order valence-electron chi connectivity index (χ4n) is 4.03. The minimum absolute atomic E-state index is 0.0903. The first-order valence-electron chi connectivity index (χ1n) is 11.1. The molecule has 1 aliphatic heterocycles. The summed E-state index contributed by atoms with van der Waals surface area (Å²) in [5.41, 5.74) is 2.82. The summed E-state index contributed by atoms with van der Waals surface area (Å²) < 4.78 is 0. The molecule has 1 saturated carbocycles. The lowest BCUT2D eigenvalue weighted by molar-refractivity contribution is -0.122. The van der Waals surface area contributed by atoms with Crippen LogP contribution in [0.4, 0.5) is 0 Å². The maximum Gasteiger partial charge on any atom is 0.233 e. The van der Waals surface area contributed by atoms with Gasteiger partial charge in [0.25, 0.3) is 0 Å². The second-order valence-corrected chi connectivity index (χ2v) is 8.61. The van der Waals surface area contributed by atoms with E-state index in [1.54, 1.807) is 7.05 Å². The summed E-state index contributed by atoms with van der Waals surface area (Å²) in [6.45, 7) is 9.70. The number of likely N-dealkylation sites (tertiary alicyclic amines) is 1. The highest BCUT2D eigenvalue weighted by molar-refractivity contribution is 5.81. The molecule has 2 unspecified atom stereocenters. The van der Waals surface area contributed by atoms with Crippen molar-refractivity contribution in [2.45, 2.75) is 64.0 Å². The van der Waals surface area contributed by atoms with E-state index in [1.165, 1.54) is 11.1 Å². The number of hydrogen-bond acceptors (Lipinski definition) is 3. The minimum Gasteiger partial charge on any atom is -0.358 e. The summed E-state index contributed by atoms with van der Waals surface area (Å²) in [6.07, 6.45) is 3.23. The van der Waals surface area contributed by atoms with Crippen LogP contribution in [0.25, 0.3) is 0 Å². The molecular formula is C23H37N5O. The summed E-state index contributed by atoms with van der Waals surface area (Å²) in [6, 6.07) is 9.98. The summed E-state index contributed by atoms with van der Waals surface area (Å²) >= 11 is 0. The molecule has 0 radical (unpaired) electrons. The molecule has 0 aromatic heterocycles. The van der Waals surface area contributed by atoms with Gasteiger partial charge in [0.2, 0.25) is 5.91 Å². The zero-order chi connectivity index (χ0) is 20.8. The van der Waals surface area contributed by atoms with Gasteiger partial charge in [0.15, 0.2) is 5.96 Å². The number of piperidine rings is 1. The molecule has 2 aliphatic rings. The molecule has 0 bridgehead atoms. The van der Waals surface area contributed by atoms with Crippen molar-refractivity contribution >= 4 is 11.9 Å². The topological polar surface area (TPSA) is 68.8 Å². The van der Waals surface area contributed by atoms with Crippen LogP contribution in [-0.2, 0) is 4.79 Å². The molecule has 3 rings (SSSR count). The van der Waals surface area contributed by atoms with Crippen molar-refractivity contribution in [3.05, 3.63) is 35.4 Å². The highest BCUT2D eigenvalue weighted by Gasteiger charge is 2.39. The second-order valence-electron chi connectivity index (χ2n) is 8.61. The van der Waals surface area contributed by atoms with Crippen molar-refractivity contribution < 1.29 is 4.79 Å². The van der Waals surface area contributed by atoms with E-state index in [-0.39, 0.29) is 5.91 Å². The van der Waals surface area contributed by atoms with Crippen LogP contribution in [0.15, 0.2) is 29.3 Å². The van der Waals surface area contributed by atoms with Crippen LogP contribution in [0.1, 0.15) is 63.0 Å². The summed E-state index contributed by atoms with van der Waals surface area (Å²) in [4.78, 5) is 18.4. The summed E-state index contributed by atoms with van der Waals surface area (Å²) in [7, 11) is 1.69. The van der Waals surface area contributed by atoms with Crippen LogP contribution in [0.3, 0.4) is 0 Å². The smallest absolute Gasteiger partial charge is 0.233 e. The average Bonchev–Trinajstić information content (AvgIpc) is 3.48. The zero-order valence-corrected chi connectivity index (χ0v) is 18.4. The zero-order valence-electron chi connectivity index (χ0n) is 18.4. The van der Waals surface area contributed by atoms with E-state index < -0.39 is 0 Å². The van der Waals surface area contributed by atoms with Crippen molar-refractivity contribution in [3.63, 3.8) is 0 Å². The maximum atomic E-state index is 11.6. The van der Waals surface area contributed by atoms with E-state index in [0.717, 1.165) is 44.9 Å². The number of guanidine groups is 1. The van der Waals surface area contributed by atoms with Gasteiger partial charge in [-0.1, -0.05) is 38.1 Å². The number of benzene rings is 1. The predicted octanol–water partition coefficient (Wildman–Crippen LogP) is 2.43. The third-order valence-corrected chi connectivity index (χ3v) is 6.03. The number of likely N-dealkylation sites (N-methyl/N-ethyl adjacent to an activating group) is 1. The van der Waals surface area contributed by atoms with Crippen molar-refractivity contribution in [2.75, 3.05) is 33.2 Å². The minimum atomic E-state index is 0.0903. The highest BCUT2D eigenvalue weighted by atomic mass is 16.1. The molecule has 160 valence electrons. The Hall–Kier alpha value is -2.08. The van der Waals surface area contributed by atoms with Crippen LogP contribution in [0.2, 0.25) is 0 Å². The standard InChI is InChI=1S/C23H37N5O/c1-5-25-23(26-19-10-12-28(13-11-19)15-22(29)24-4)27-21-14-20(21)18-8-6-17(7-9-18)16(2)3/h6-9,16,19-21H,5,10-15H2,1-4H3,(H,24,29)(H2,25,26,27). The molecule has 29 heavy (non-hydrogen) atoms. The van der Waals surface area contributed by atoms with Crippen LogP contribution in [0.5, 0.6) is 0 Å². The molecule has 1 heterocycles. The Balaban J connectivity index is 1.47. The van der Waals surface area contributed by atoms with Crippen molar-refractivity contribution in [1.82, 2.24) is 20.9 Å². The van der Waals surface area contributed by atoms with E-state index in [1.807, 2.05) is 0 Å². The van der Waals surface area contributed by atoms with Crippen LogP contribution in [0, 0.1) is 0 Å². The number of amides is 1. The van der Waals surface area contributed by atoms with Gasteiger partial charge in [0.1, 0.15) is 0 Å². The van der Waals surface area contributed by atoms with Gasteiger partial charge in [-0.05, 0) is 43.2 Å². The fraction of sp³-hybridized carbons (Fsp3) is 0.652. The van der Waals surface area contributed by atoms with Gasteiger partial charge in [-0.15, -0.1) is 0 Å². The Kier molecular flexibility index (Phi) is 7.53. The Bertz CT molecular complexity index is 692. The lowest BCUT2D eigenvalue weighted by atomic mass is 10.0. The van der Waals surface area contributed by atoms with Crippen molar-refractivity contribution in [1.29, 1.82) is 0 Å². The van der Waals surface area contributed by atoms with Crippen molar-refractivity contribution in [3.8, 4) is 0 Å². The van der Waals surface area contributed by atoms with Gasteiger partial charge in [-0.25, -0.2) is 0 Å². The van der Waals surface area contributed by atoms with Gasteiger partial charge in [0, 0.05) is 44.7 Å². The molecular weight excluding hydrogens is 362 g/mol. The third kappa shape index (κ3) is 6.20. The highest BCUT2D eigenvalue weighted by Crippen LogP contribution is 2.41. The number of aliphatic imine (C=N–C) groups is 1. The Morgan fingerprint density at radius 3 is 2.45 bits per heavy atom. The van der Waals surface area contributed by atoms with E-state index in [2.05, 4.69) is 70.9 Å². The van der Waals surface area contributed by atoms with Gasteiger partial charge < -0.3 is 16.0 Å². The summed E-state index contributed by atoms with van der Waals surface area (Å²) in [5.74, 6) is 2.18. The van der Waals surface area contributed by atoms with Crippen LogP contribution >= 0.6 is 0 Å². The Labute approximate surface area is 175 Å². The Morgan fingerprint density at radius 1 is 1.17 bits per heavy atom. The molecule has 1 saturated heterocycles. The predicted molar refractivity (Wildman–Crippen MR) is 119 cm³/mol. The third-order valence-electron chi connectivity index (χ3n) is 6.03. The first-order valence-corrected chi connectivity index (χ1v) is 11.1. The SMILES string of the molecule is CCN=C(NC1CCN(CC(=O)NC)CC1)NC1CC1c1ccc(C(C)C)cc1. The lowest BCUT2D eigenvalue weighted by Gasteiger charge is -2.32. The molecule has 2 fully saturated rings. The number of rotatable bonds is 7. The van der Waals surface area contributed by atoms with E-state index >= 15 is 0 Å². The van der Waals surface area contributed by atoms with E-state index in [4.69, 9.17) is 0 Å². The number of carbonyl (C=O) groups is 1. The van der Waals surface area contributed by atoms with Crippen LogP contribution in [-0.4, -0.2) is 62.1 Å². The first-order chi connectivity index (χ1) is 14.0. The largest absolute Gasteiger partial charge is 0.358 e. The molecule has 1 aliphatic carbocycles. The quantitative estimate of drug-likeness (QED) is 0.487. The Morgan fingerprint density at radius 2 is 1.86 bits per heavy atom. The molecule has 6 heteroatoms. The lowest BCUT2D eigenvalue weighted by Crippen LogP contribution is -2.50. The number of nitrogens with zero attached hydrogens (tertiary/aromatic N) is 2.